The molecule has 0 aromatic heterocycles. The molecule has 3 heteroatoms. The molecular weight excluding hydrogens is 226 g/mol. The summed E-state index contributed by atoms with van der Waals surface area (Å²) in [6.45, 7) is 0.309. The SMILES string of the molecule is O=C(NC1CCC(CCO)CC1)C1CCCCC1. The zero-order valence-corrected chi connectivity index (χ0v) is 11.4. The largest absolute Gasteiger partial charge is 0.396 e. The lowest BCUT2D eigenvalue weighted by Gasteiger charge is -2.30. The van der Waals surface area contributed by atoms with Gasteiger partial charge in [-0.15, -0.1) is 0 Å². The Balaban J connectivity index is 1.68. The van der Waals surface area contributed by atoms with E-state index in [2.05, 4.69) is 5.32 Å². The van der Waals surface area contributed by atoms with Crippen LogP contribution in [0.1, 0.15) is 64.2 Å². The van der Waals surface area contributed by atoms with Crippen molar-refractivity contribution in [3.8, 4) is 0 Å². The van der Waals surface area contributed by atoms with Gasteiger partial charge < -0.3 is 10.4 Å². The van der Waals surface area contributed by atoms with Gasteiger partial charge in [-0.05, 0) is 50.9 Å². The molecule has 2 saturated carbocycles. The summed E-state index contributed by atoms with van der Waals surface area (Å²) < 4.78 is 0. The molecule has 0 heterocycles. The average Bonchev–Trinajstić information content (AvgIpc) is 2.42. The van der Waals surface area contributed by atoms with E-state index in [0.29, 0.717) is 24.5 Å². The van der Waals surface area contributed by atoms with Crippen LogP contribution in [0.2, 0.25) is 0 Å². The Bertz CT molecular complexity index is 253. The van der Waals surface area contributed by atoms with Crippen molar-refractivity contribution in [1.82, 2.24) is 5.32 Å². The summed E-state index contributed by atoms with van der Waals surface area (Å²) in [6.07, 6.45) is 11.4. The highest BCUT2D eigenvalue weighted by Crippen LogP contribution is 2.28. The van der Waals surface area contributed by atoms with Gasteiger partial charge >= 0.3 is 0 Å². The van der Waals surface area contributed by atoms with Crippen molar-refractivity contribution < 1.29 is 9.90 Å². The van der Waals surface area contributed by atoms with Crippen LogP contribution >= 0.6 is 0 Å². The molecule has 18 heavy (non-hydrogen) atoms. The first kappa shape index (κ1) is 13.9. The third-order valence-electron chi connectivity index (χ3n) is 4.71. The molecule has 0 spiro atoms. The molecule has 0 aromatic rings. The van der Waals surface area contributed by atoms with Crippen LogP contribution in [-0.4, -0.2) is 23.7 Å². The van der Waals surface area contributed by atoms with Gasteiger partial charge in [0.2, 0.25) is 5.91 Å². The molecule has 0 bridgehead atoms. The Morgan fingerprint density at radius 2 is 1.67 bits per heavy atom. The summed E-state index contributed by atoms with van der Waals surface area (Å²) in [7, 11) is 0. The summed E-state index contributed by atoms with van der Waals surface area (Å²) in [5.41, 5.74) is 0. The minimum absolute atomic E-state index is 0.286. The molecule has 0 radical (unpaired) electrons. The molecule has 2 aliphatic rings. The molecule has 1 amide bonds. The number of amides is 1. The van der Waals surface area contributed by atoms with Crippen LogP contribution in [-0.2, 0) is 4.79 Å². The lowest BCUT2D eigenvalue weighted by atomic mass is 9.83. The maximum Gasteiger partial charge on any atom is 0.223 e. The van der Waals surface area contributed by atoms with Crippen LogP contribution in [0, 0.1) is 11.8 Å². The maximum atomic E-state index is 12.1. The smallest absolute Gasteiger partial charge is 0.223 e. The minimum atomic E-state index is 0.286. The monoisotopic (exact) mass is 253 g/mol. The third-order valence-corrected chi connectivity index (χ3v) is 4.71. The minimum Gasteiger partial charge on any atom is -0.396 e. The van der Waals surface area contributed by atoms with E-state index in [4.69, 9.17) is 5.11 Å². The van der Waals surface area contributed by atoms with Crippen molar-refractivity contribution in [2.24, 2.45) is 11.8 Å². The fourth-order valence-electron chi connectivity index (χ4n) is 3.46. The zero-order valence-electron chi connectivity index (χ0n) is 11.4. The second-order valence-corrected chi connectivity index (χ2v) is 6.07. The lowest BCUT2D eigenvalue weighted by Crippen LogP contribution is -2.41. The Kier molecular flexibility index (Phi) is 5.48. The molecule has 104 valence electrons. The molecular formula is C15H27NO2. The molecule has 3 nitrogen and oxygen atoms in total. The van der Waals surface area contributed by atoms with Crippen molar-refractivity contribution in [3.63, 3.8) is 0 Å². The van der Waals surface area contributed by atoms with Gasteiger partial charge in [0.05, 0.1) is 0 Å². The Morgan fingerprint density at radius 3 is 2.28 bits per heavy atom. The van der Waals surface area contributed by atoms with Crippen LogP contribution in [0.5, 0.6) is 0 Å². The summed E-state index contributed by atoms with van der Waals surface area (Å²) in [5.74, 6) is 1.27. The van der Waals surface area contributed by atoms with Crippen LogP contribution in [0.15, 0.2) is 0 Å². The highest BCUT2D eigenvalue weighted by Gasteiger charge is 2.26. The van der Waals surface area contributed by atoms with E-state index in [-0.39, 0.29) is 5.92 Å². The van der Waals surface area contributed by atoms with E-state index < -0.39 is 0 Å². The van der Waals surface area contributed by atoms with Crippen LogP contribution in [0.25, 0.3) is 0 Å². The fourth-order valence-corrected chi connectivity index (χ4v) is 3.46. The Morgan fingerprint density at radius 1 is 1.00 bits per heavy atom. The average molecular weight is 253 g/mol. The van der Waals surface area contributed by atoms with E-state index in [1.807, 2.05) is 0 Å². The number of nitrogens with one attached hydrogen (secondary N) is 1. The first-order chi connectivity index (χ1) is 8.79. The number of aliphatic hydroxyl groups is 1. The second kappa shape index (κ2) is 7.13. The third kappa shape index (κ3) is 3.98. The predicted molar refractivity (Wildman–Crippen MR) is 72.2 cm³/mol. The summed E-state index contributed by atoms with van der Waals surface area (Å²) in [4.78, 5) is 12.1. The first-order valence-corrected chi connectivity index (χ1v) is 7.71. The molecule has 2 rings (SSSR count). The van der Waals surface area contributed by atoms with E-state index in [9.17, 15) is 4.79 Å². The number of carbonyl (C=O) groups is 1. The summed E-state index contributed by atoms with van der Waals surface area (Å²) >= 11 is 0. The van der Waals surface area contributed by atoms with Crippen molar-refractivity contribution in [1.29, 1.82) is 0 Å². The van der Waals surface area contributed by atoms with Crippen molar-refractivity contribution in [2.75, 3.05) is 6.61 Å². The Hall–Kier alpha value is -0.570. The predicted octanol–water partition coefficient (Wildman–Crippen LogP) is 2.62. The summed E-state index contributed by atoms with van der Waals surface area (Å²) in [6, 6.07) is 0.398. The van der Waals surface area contributed by atoms with Gasteiger partial charge in [-0.25, -0.2) is 0 Å². The summed E-state index contributed by atoms with van der Waals surface area (Å²) in [5, 5.41) is 12.2. The topological polar surface area (TPSA) is 49.3 Å². The number of hydrogen-bond acceptors (Lipinski definition) is 2. The van der Waals surface area contributed by atoms with Crippen molar-refractivity contribution in [2.45, 2.75) is 70.3 Å². The van der Waals surface area contributed by atoms with Gasteiger partial charge in [-0.2, -0.15) is 0 Å². The van der Waals surface area contributed by atoms with Gasteiger partial charge in [0.1, 0.15) is 0 Å². The lowest BCUT2D eigenvalue weighted by molar-refractivity contribution is -0.126. The number of rotatable bonds is 4. The molecule has 0 unspecified atom stereocenters. The number of aliphatic hydroxyl groups excluding tert-OH is 1. The molecule has 0 saturated heterocycles. The van der Waals surface area contributed by atoms with Gasteiger partial charge in [-0.3, -0.25) is 4.79 Å². The normalized spacial score (nSPS) is 30.1. The van der Waals surface area contributed by atoms with E-state index in [1.54, 1.807) is 0 Å². The maximum absolute atomic E-state index is 12.1. The quantitative estimate of drug-likeness (QED) is 0.809. The van der Waals surface area contributed by atoms with Crippen LogP contribution in [0.4, 0.5) is 0 Å². The molecule has 0 aromatic carbocycles. The number of hydrogen-bond donors (Lipinski definition) is 2. The van der Waals surface area contributed by atoms with E-state index in [1.165, 1.54) is 19.3 Å². The van der Waals surface area contributed by atoms with E-state index >= 15 is 0 Å². The molecule has 2 N–H and O–H groups in total. The van der Waals surface area contributed by atoms with Gasteiger partial charge in [0.15, 0.2) is 0 Å². The molecule has 0 aliphatic heterocycles. The number of carbonyl (C=O) groups excluding carboxylic acids is 1. The van der Waals surface area contributed by atoms with Crippen molar-refractivity contribution in [3.05, 3.63) is 0 Å². The second-order valence-electron chi connectivity index (χ2n) is 6.07. The fraction of sp³-hybridized carbons (Fsp3) is 0.933. The van der Waals surface area contributed by atoms with Crippen molar-refractivity contribution >= 4 is 5.91 Å². The van der Waals surface area contributed by atoms with Gasteiger partial charge in [-0.1, -0.05) is 19.3 Å². The Labute approximate surface area is 110 Å². The highest BCUT2D eigenvalue weighted by molar-refractivity contribution is 5.79. The van der Waals surface area contributed by atoms with Crippen LogP contribution in [0.3, 0.4) is 0 Å². The van der Waals surface area contributed by atoms with Gasteiger partial charge in [0.25, 0.3) is 0 Å². The highest BCUT2D eigenvalue weighted by atomic mass is 16.3. The first-order valence-electron chi connectivity index (χ1n) is 7.71. The zero-order chi connectivity index (χ0) is 12.8. The van der Waals surface area contributed by atoms with E-state index in [0.717, 1.165) is 44.9 Å². The molecule has 2 aliphatic carbocycles. The standard InChI is InChI=1S/C15H27NO2/c17-11-10-12-6-8-14(9-7-12)16-15(18)13-4-2-1-3-5-13/h12-14,17H,1-11H2,(H,16,18). The van der Waals surface area contributed by atoms with Crippen LogP contribution < -0.4 is 5.32 Å². The molecule has 2 fully saturated rings. The molecule has 0 atom stereocenters. The van der Waals surface area contributed by atoms with Gasteiger partial charge in [0, 0.05) is 18.6 Å².